The summed E-state index contributed by atoms with van der Waals surface area (Å²) < 4.78 is 77.5. The first-order chi connectivity index (χ1) is 9.43. The van der Waals surface area contributed by atoms with Crippen molar-refractivity contribution >= 4 is 5.97 Å². The predicted octanol–water partition coefficient (Wildman–Crippen LogP) is -1.81. The average molecular weight is 172 g/mol. The molecule has 0 fully saturated rings. The number of nitrogens with zero attached hydrogens (tertiary/aromatic N) is 1. The number of carboxylic acid groups (broad SMARTS) is 1. The van der Waals surface area contributed by atoms with Crippen molar-refractivity contribution in [3.05, 3.63) is 0 Å². The number of rotatable bonds is 5. The Bertz CT molecular complexity index is 377. The summed E-state index contributed by atoms with van der Waals surface area (Å²) in [7, 11) is 0. The largest absolute Gasteiger partial charge is 0.550 e. The van der Waals surface area contributed by atoms with Crippen LogP contribution < -0.4 is 5.11 Å². The molecule has 1 N–H and O–H groups in total. The highest BCUT2D eigenvalue weighted by Crippen LogP contribution is 1.97. The molecule has 0 radical (unpaired) electrons. The lowest BCUT2D eigenvalue weighted by molar-refractivity contribution is -0.873. The molecule has 1 atom stereocenters. The molecule has 0 spiro atoms. The van der Waals surface area contributed by atoms with Gasteiger partial charge in [0.05, 0.1) is 34.6 Å². The van der Waals surface area contributed by atoms with E-state index in [2.05, 4.69) is 5.11 Å². The van der Waals surface area contributed by atoms with Crippen LogP contribution in [-0.4, -0.2) is 50.5 Å². The zero-order valence-corrected chi connectivity index (χ0v) is 5.59. The number of aliphatic carboxylic acids is 1. The van der Waals surface area contributed by atoms with E-state index in [1.165, 1.54) is 0 Å². The zero-order chi connectivity index (χ0) is 18.2. The molecule has 0 saturated carbocycles. The van der Waals surface area contributed by atoms with Crippen LogP contribution in [0.1, 0.15) is 20.1 Å². The van der Waals surface area contributed by atoms with Crippen LogP contribution in [0.3, 0.4) is 0 Å². The van der Waals surface area contributed by atoms with Crippen molar-refractivity contribution in [3.8, 4) is 0 Å². The third-order valence-corrected chi connectivity index (χ3v) is 0.755. The molecule has 0 rings (SSSR count). The fourth-order valence-electron chi connectivity index (χ4n) is 0.481. The van der Waals surface area contributed by atoms with Gasteiger partial charge >= 0.3 is 0 Å². The van der Waals surface area contributed by atoms with E-state index < -0.39 is 50.4 Å². The molecule has 0 heterocycles. The average Bonchev–Trinajstić information content (AvgIpc) is 2.19. The highest BCUT2D eigenvalue weighted by atomic mass is 16.4. The van der Waals surface area contributed by atoms with Crippen molar-refractivity contribution in [1.82, 2.24) is 0 Å². The molecule has 4 heteroatoms. The molecule has 0 aliphatic heterocycles. The summed E-state index contributed by atoms with van der Waals surface area (Å²) in [4.78, 5) is 10.6. The Morgan fingerprint density at radius 1 is 1.91 bits per heavy atom. The molecule has 0 aliphatic rings. The summed E-state index contributed by atoms with van der Waals surface area (Å²) in [5.74, 6) is -1.93. The fraction of sp³-hybridized carbons (Fsp3) is 0.857. The van der Waals surface area contributed by atoms with Gasteiger partial charge in [0.15, 0.2) is 0 Å². The van der Waals surface area contributed by atoms with Gasteiger partial charge in [-0.1, -0.05) is 0 Å². The van der Waals surface area contributed by atoms with Crippen molar-refractivity contribution in [3.63, 3.8) is 0 Å². The van der Waals surface area contributed by atoms with E-state index in [4.69, 9.17) is 15.1 Å². The van der Waals surface area contributed by atoms with Gasteiger partial charge < -0.3 is 19.5 Å². The van der Waals surface area contributed by atoms with Crippen LogP contribution in [0.15, 0.2) is 0 Å². The first kappa shape index (κ1) is 2.20. The van der Waals surface area contributed by atoms with Crippen molar-refractivity contribution in [2.45, 2.75) is 12.5 Å². The molecule has 0 saturated heterocycles. The zero-order valence-electron chi connectivity index (χ0n) is 16.6. The summed E-state index contributed by atoms with van der Waals surface area (Å²) in [6.07, 6.45) is -4.31. The van der Waals surface area contributed by atoms with Gasteiger partial charge in [0.2, 0.25) is 1.43 Å². The minimum absolute atomic E-state index is 1.38. The summed E-state index contributed by atoms with van der Waals surface area (Å²) in [6.45, 7) is -12.6. The smallest absolute Gasteiger partial charge is 0.211 e. The van der Waals surface area contributed by atoms with E-state index in [0.29, 0.717) is 0 Å². The Morgan fingerprint density at radius 3 is 2.91 bits per heavy atom. The second-order valence-electron chi connectivity index (χ2n) is 2.06. The maximum atomic E-state index is 10.6. The van der Waals surface area contributed by atoms with Crippen LogP contribution >= 0.6 is 0 Å². The Morgan fingerprint density at radius 2 is 2.55 bits per heavy atom. The standard InChI is InChI=1S/C7H15NO3/c1-8(2,3)5-6(9)4-7(10)11/h6,9H,4-5H2,1-3H3/t6-/m0/s1/i1D3,2D3,3D3,6D,9D. The molecule has 66 valence electrons. The lowest BCUT2D eigenvalue weighted by Gasteiger charge is -2.26. The SMILES string of the molecule is [2H]O[C@@]([2H])(CC(=O)[O-])C[N+](C([2H])([2H])[2H])(C([2H])([2H])[2H])C([2H])([2H])[2H]. The van der Waals surface area contributed by atoms with Crippen LogP contribution in [0.2, 0.25) is 0 Å². The number of carboxylic acids is 1. The first-order valence-electron chi connectivity index (χ1n) is 8.07. The second-order valence-corrected chi connectivity index (χ2v) is 2.06. The first-order valence-corrected chi connectivity index (χ1v) is 2.66. The van der Waals surface area contributed by atoms with E-state index in [0.717, 1.165) is 0 Å². The van der Waals surface area contributed by atoms with E-state index >= 15 is 0 Å². The second kappa shape index (κ2) is 3.69. The fourth-order valence-corrected chi connectivity index (χ4v) is 0.481. The molecule has 0 unspecified atom stereocenters. The van der Waals surface area contributed by atoms with E-state index in [1.54, 1.807) is 0 Å². The quantitative estimate of drug-likeness (QED) is 0.497. The third kappa shape index (κ3) is 7.29. The van der Waals surface area contributed by atoms with E-state index in [9.17, 15) is 9.90 Å². The molecule has 0 bridgehead atoms. The van der Waals surface area contributed by atoms with E-state index in [-0.39, 0.29) is 0 Å². The predicted molar refractivity (Wildman–Crippen MR) is 38.5 cm³/mol. The normalized spacial score (nSPS) is 35.5. The Balaban J connectivity index is 6.27. The van der Waals surface area contributed by atoms with Crippen molar-refractivity contribution in [1.29, 1.82) is 1.43 Å². The molecule has 0 aliphatic carbocycles. The number of quaternary nitrogens is 1. The van der Waals surface area contributed by atoms with Crippen LogP contribution in [0.25, 0.3) is 0 Å². The number of hydrogen-bond acceptors (Lipinski definition) is 3. The Kier molecular flexibility index (Phi) is 0.738. The van der Waals surface area contributed by atoms with Gasteiger partial charge in [-0.05, 0) is 0 Å². The summed E-state index contributed by atoms with van der Waals surface area (Å²) in [6, 6.07) is 0. The topological polar surface area (TPSA) is 60.4 Å². The highest BCUT2D eigenvalue weighted by molar-refractivity contribution is 5.64. The van der Waals surface area contributed by atoms with Crippen molar-refractivity contribution in [2.75, 3.05) is 27.5 Å². The van der Waals surface area contributed by atoms with Gasteiger partial charge in [-0.15, -0.1) is 0 Å². The van der Waals surface area contributed by atoms with E-state index in [1.807, 2.05) is 0 Å². The Hall–Kier alpha value is -0.610. The van der Waals surface area contributed by atoms with Crippen molar-refractivity contribution < 1.29 is 33.2 Å². The van der Waals surface area contributed by atoms with Crippen LogP contribution in [0.4, 0.5) is 0 Å². The molecule has 0 aromatic rings. The summed E-state index contributed by atoms with van der Waals surface area (Å²) >= 11 is 0. The monoisotopic (exact) mass is 172 g/mol. The maximum Gasteiger partial charge on any atom is 0.211 e. The van der Waals surface area contributed by atoms with Gasteiger partial charge in [-0.2, -0.15) is 0 Å². The highest BCUT2D eigenvalue weighted by Gasteiger charge is 2.14. The van der Waals surface area contributed by atoms with Gasteiger partial charge in [0.25, 0.3) is 0 Å². The molecule has 4 nitrogen and oxygen atoms in total. The number of likely N-dealkylation sites (N-methyl/N-ethyl adjacent to an activating group) is 1. The summed E-state index contributed by atoms with van der Waals surface area (Å²) in [5.41, 5.74) is 0. The summed E-state index contributed by atoms with van der Waals surface area (Å²) in [5, 5.41) is 14.4. The van der Waals surface area contributed by atoms with Gasteiger partial charge in [-0.25, -0.2) is 0 Å². The van der Waals surface area contributed by atoms with Gasteiger partial charge in [0.1, 0.15) is 12.6 Å². The third-order valence-electron chi connectivity index (χ3n) is 0.755. The van der Waals surface area contributed by atoms with Crippen LogP contribution in [0.5, 0.6) is 0 Å². The molecular formula is C7H15NO3. The maximum absolute atomic E-state index is 10.6. The number of aliphatic hydroxyl groups is 1. The van der Waals surface area contributed by atoms with Crippen LogP contribution in [-0.2, 0) is 4.79 Å². The minimum atomic E-state index is -3.66. The minimum Gasteiger partial charge on any atom is -0.550 e. The van der Waals surface area contributed by atoms with Crippen molar-refractivity contribution in [2.24, 2.45) is 0 Å². The molecular weight excluding hydrogens is 146 g/mol. The number of hydrogen-bond donors (Lipinski definition) is 1. The lowest BCUT2D eigenvalue weighted by atomic mass is 10.2. The lowest BCUT2D eigenvalue weighted by Crippen LogP contribution is -2.43. The molecule has 0 amide bonds. The molecule has 0 aromatic carbocycles. The molecule has 11 heavy (non-hydrogen) atoms. The number of carbonyl (C=O) groups is 1. The Labute approximate surface area is 82.2 Å². The van der Waals surface area contributed by atoms with Gasteiger partial charge in [-0.3, -0.25) is 0 Å². The molecule has 0 aromatic heterocycles. The van der Waals surface area contributed by atoms with Crippen LogP contribution in [0, 0.1) is 0 Å². The number of carbonyl (C=O) groups excluding carboxylic acids is 1. The van der Waals surface area contributed by atoms with Gasteiger partial charge in [0, 0.05) is 12.4 Å².